The maximum absolute atomic E-state index is 11.0. The van der Waals surface area contributed by atoms with Gasteiger partial charge < -0.3 is 9.47 Å². The van der Waals surface area contributed by atoms with E-state index < -0.39 is 0 Å². The predicted octanol–water partition coefficient (Wildman–Crippen LogP) is 1.08. The van der Waals surface area contributed by atoms with E-state index in [1.54, 1.807) is 0 Å². The topological polar surface area (TPSA) is 47.6 Å². The molecular formula is C11H19NO3. The average molecular weight is 213 g/mol. The molecule has 1 N–H and O–H groups in total. The van der Waals surface area contributed by atoms with Gasteiger partial charge in [0, 0.05) is 18.1 Å². The van der Waals surface area contributed by atoms with E-state index in [0.29, 0.717) is 0 Å². The predicted molar refractivity (Wildman–Crippen MR) is 57.3 cm³/mol. The third-order valence-corrected chi connectivity index (χ3v) is 2.46. The van der Waals surface area contributed by atoms with Gasteiger partial charge in [-0.15, -0.1) is 0 Å². The van der Waals surface area contributed by atoms with E-state index >= 15 is 0 Å². The van der Waals surface area contributed by atoms with Crippen molar-refractivity contribution < 1.29 is 14.3 Å². The van der Waals surface area contributed by atoms with Gasteiger partial charge >= 0.3 is 5.97 Å². The molecule has 1 aliphatic rings. The number of carbonyl (C=O) groups is 1. The van der Waals surface area contributed by atoms with Crippen molar-refractivity contribution in [1.29, 1.82) is 0 Å². The zero-order valence-electron chi connectivity index (χ0n) is 9.58. The maximum Gasteiger partial charge on any atom is 0.330 e. The Morgan fingerprint density at radius 2 is 2.33 bits per heavy atom. The molecule has 4 nitrogen and oxygen atoms in total. The summed E-state index contributed by atoms with van der Waals surface area (Å²) in [5.74, 6) is -0.334. The summed E-state index contributed by atoms with van der Waals surface area (Å²) in [6.45, 7) is 5.78. The molecule has 0 aromatic heterocycles. The molecule has 0 amide bonds. The number of carbonyl (C=O) groups excluding carboxylic acids is 1. The highest BCUT2D eigenvalue weighted by Crippen LogP contribution is 2.25. The van der Waals surface area contributed by atoms with Crippen molar-refractivity contribution in [3.05, 3.63) is 12.2 Å². The Bertz CT molecular complexity index is 242. The van der Waals surface area contributed by atoms with E-state index in [9.17, 15) is 4.79 Å². The molecule has 1 rings (SSSR count). The smallest absolute Gasteiger partial charge is 0.330 e. The van der Waals surface area contributed by atoms with E-state index in [1.165, 1.54) is 13.2 Å². The van der Waals surface area contributed by atoms with Gasteiger partial charge in [-0.3, -0.25) is 5.32 Å². The third-order valence-electron chi connectivity index (χ3n) is 2.46. The first-order valence-corrected chi connectivity index (χ1v) is 5.18. The fourth-order valence-electron chi connectivity index (χ4n) is 1.48. The van der Waals surface area contributed by atoms with E-state index in [0.717, 1.165) is 19.6 Å². The second kappa shape index (κ2) is 5.28. The van der Waals surface area contributed by atoms with Crippen LogP contribution in [-0.4, -0.2) is 32.5 Å². The summed E-state index contributed by atoms with van der Waals surface area (Å²) in [4.78, 5) is 11.0. The van der Waals surface area contributed by atoms with Crippen molar-refractivity contribution >= 4 is 5.97 Å². The zero-order valence-corrected chi connectivity index (χ0v) is 9.58. The quantitative estimate of drug-likeness (QED) is 0.563. The van der Waals surface area contributed by atoms with Gasteiger partial charge in [0.2, 0.25) is 0 Å². The van der Waals surface area contributed by atoms with Crippen LogP contribution in [0.1, 0.15) is 20.3 Å². The van der Waals surface area contributed by atoms with Crippen LogP contribution < -0.4 is 5.32 Å². The van der Waals surface area contributed by atoms with Crippen LogP contribution in [0.3, 0.4) is 0 Å². The van der Waals surface area contributed by atoms with Crippen molar-refractivity contribution in [2.24, 2.45) is 5.41 Å². The molecule has 1 saturated heterocycles. The molecule has 0 saturated carbocycles. The van der Waals surface area contributed by atoms with E-state index in [4.69, 9.17) is 4.74 Å². The molecule has 0 radical (unpaired) electrons. The van der Waals surface area contributed by atoms with Gasteiger partial charge in [-0.1, -0.05) is 19.9 Å². The van der Waals surface area contributed by atoms with E-state index in [2.05, 4.69) is 10.1 Å². The van der Waals surface area contributed by atoms with E-state index in [-0.39, 0.29) is 17.6 Å². The second-order valence-corrected chi connectivity index (χ2v) is 4.24. The van der Waals surface area contributed by atoms with Crippen LogP contribution in [0.4, 0.5) is 0 Å². The summed E-state index contributed by atoms with van der Waals surface area (Å²) in [5, 5.41) is 3.28. The highest BCUT2D eigenvalue weighted by atomic mass is 16.5. The van der Waals surface area contributed by atoms with Crippen molar-refractivity contribution in [3.63, 3.8) is 0 Å². The number of nitrogens with one attached hydrogen (secondary N) is 1. The molecule has 0 bridgehead atoms. The van der Waals surface area contributed by atoms with Crippen LogP contribution >= 0.6 is 0 Å². The largest absolute Gasteiger partial charge is 0.466 e. The SMILES string of the molecule is COC(=O)/C=C/C(C)(C)C1NCCCO1. The highest BCUT2D eigenvalue weighted by molar-refractivity contribution is 5.81. The Kier molecular flexibility index (Phi) is 4.29. The molecule has 15 heavy (non-hydrogen) atoms. The average Bonchev–Trinajstić information content (AvgIpc) is 2.27. The molecule has 0 aromatic rings. The van der Waals surface area contributed by atoms with Crippen molar-refractivity contribution in [1.82, 2.24) is 5.32 Å². The van der Waals surface area contributed by atoms with Crippen molar-refractivity contribution in [2.75, 3.05) is 20.3 Å². The highest BCUT2D eigenvalue weighted by Gasteiger charge is 2.29. The number of esters is 1. The van der Waals surface area contributed by atoms with Crippen LogP contribution in [0.5, 0.6) is 0 Å². The minimum absolute atomic E-state index is 0.0350. The molecule has 1 heterocycles. The van der Waals surface area contributed by atoms with Crippen molar-refractivity contribution in [3.8, 4) is 0 Å². The summed E-state index contributed by atoms with van der Waals surface area (Å²) in [6, 6.07) is 0. The van der Waals surface area contributed by atoms with Gasteiger partial charge in [0.05, 0.1) is 7.11 Å². The third kappa shape index (κ3) is 3.64. The first-order valence-electron chi connectivity index (χ1n) is 5.18. The number of methoxy groups -OCH3 is 1. The van der Waals surface area contributed by atoms with Crippen LogP contribution in [0, 0.1) is 5.41 Å². The summed E-state index contributed by atoms with van der Waals surface area (Å²) < 4.78 is 10.1. The summed E-state index contributed by atoms with van der Waals surface area (Å²) in [6.07, 6.45) is 4.27. The molecule has 1 unspecified atom stereocenters. The van der Waals surface area contributed by atoms with Crippen LogP contribution in [0.2, 0.25) is 0 Å². The number of rotatable bonds is 3. The summed E-state index contributed by atoms with van der Waals surface area (Å²) in [7, 11) is 1.37. The standard InChI is InChI=1S/C11H19NO3/c1-11(2,6-5-9(13)14-3)10-12-7-4-8-15-10/h5-6,10,12H,4,7-8H2,1-3H3/b6-5+. The molecule has 4 heteroatoms. The Balaban J connectivity index is 2.56. The fraction of sp³-hybridized carbons (Fsp3) is 0.727. The molecule has 0 spiro atoms. The monoisotopic (exact) mass is 213 g/mol. The Morgan fingerprint density at radius 1 is 1.60 bits per heavy atom. The molecule has 1 aliphatic heterocycles. The number of ether oxygens (including phenoxy) is 2. The van der Waals surface area contributed by atoms with Gasteiger partial charge in [-0.25, -0.2) is 4.79 Å². The lowest BCUT2D eigenvalue weighted by atomic mass is 9.90. The molecule has 0 aromatic carbocycles. The second-order valence-electron chi connectivity index (χ2n) is 4.24. The Labute approximate surface area is 90.6 Å². The first-order chi connectivity index (χ1) is 7.06. The fourth-order valence-corrected chi connectivity index (χ4v) is 1.48. The van der Waals surface area contributed by atoms with Gasteiger partial charge in [0.15, 0.2) is 0 Å². The summed E-state index contributed by atoms with van der Waals surface area (Å²) >= 11 is 0. The molecule has 1 atom stereocenters. The lowest BCUT2D eigenvalue weighted by Gasteiger charge is -2.35. The zero-order chi connectivity index (χ0) is 11.3. The minimum Gasteiger partial charge on any atom is -0.466 e. The van der Waals surface area contributed by atoms with Gasteiger partial charge in [-0.2, -0.15) is 0 Å². The lowest BCUT2D eigenvalue weighted by molar-refractivity contribution is -0.134. The Hall–Kier alpha value is -0.870. The van der Waals surface area contributed by atoms with Crippen LogP contribution in [0.15, 0.2) is 12.2 Å². The molecular weight excluding hydrogens is 194 g/mol. The summed E-state index contributed by atoms with van der Waals surface area (Å²) in [5.41, 5.74) is -0.214. The normalized spacial score (nSPS) is 23.0. The first kappa shape index (κ1) is 12.2. The lowest BCUT2D eigenvalue weighted by Crippen LogP contribution is -2.47. The van der Waals surface area contributed by atoms with Gasteiger partial charge in [-0.05, 0) is 13.0 Å². The molecule has 86 valence electrons. The maximum atomic E-state index is 11.0. The number of hydrogen-bond donors (Lipinski definition) is 1. The Morgan fingerprint density at radius 3 is 2.87 bits per heavy atom. The van der Waals surface area contributed by atoms with Gasteiger partial charge in [0.1, 0.15) is 6.23 Å². The molecule has 1 fully saturated rings. The molecule has 0 aliphatic carbocycles. The van der Waals surface area contributed by atoms with Crippen LogP contribution in [0.25, 0.3) is 0 Å². The van der Waals surface area contributed by atoms with Crippen molar-refractivity contribution in [2.45, 2.75) is 26.5 Å². The van der Waals surface area contributed by atoms with E-state index in [1.807, 2.05) is 19.9 Å². The van der Waals surface area contributed by atoms with Gasteiger partial charge in [0.25, 0.3) is 0 Å². The number of hydrogen-bond acceptors (Lipinski definition) is 4. The minimum atomic E-state index is -0.334. The van der Waals surface area contributed by atoms with Crippen LogP contribution in [-0.2, 0) is 14.3 Å².